The van der Waals surface area contributed by atoms with Crippen molar-refractivity contribution in [3.05, 3.63) is 45.7 Å². The van der Waals surface area contributed by atoms with Gasteiger partial charge in [-0.25, -0.2) is 0 Å². The first kappa shape index (κ1) is 15.3. The lowest BCUT2D eigenvalue weighted by Gasteiger charge is -2.10. The third-order valence-corrected chi connectivity index (χ3v) is 4.95. The number of nitrogens with zero attached hydrogens (tertiary/aromatic N) is 4. The van der Waals surface area contributed by atoms with E-state index in [9.17, 15) is 4.79 Å². The summed E-state index contributed by atoms with van der Waals surface area (Å²) in [4.78, 5) is 12.7. The predicted octanol–water partition coefficient (Wildman–Crippen LogP) is 3.45. The van der Waals surface area contributed by atoms with Gasteiger partial charge in [-0.1, -0.05) is 53.3 Å². The van der Waals surface area contributed by atoms with E-state index in [0.717, 1.165) is 21.6 Å². The molecule has 5 nitrogen and oxygen atoms in total. The van der Waals surface area contributed by atoms with E-state index in [2.05, 4.69) is 32.7 Å². The van der Waals surface area contributed by atoms with Gasteiger partial charge in [0.25, 0.3) is 5.56 Å². The van der Waals surface area contributed by atoms with Gasteiger partial charge in [0.2, 0.25) is 5.78 Å². The second-order valence-corrected chi connectivity index (χ2v) is 6.96. The summed E-state index contributed by atoms with van der Waals surface area (Å²) in [6.07, 6.45) is 0.863. The second kappa shape index (κ2) is 6.26. The normalized spacial score (nSPS) is 11.4. The van der Waals surface area contributed by atoms with Crippen LogP contribution in [0.25, 0.3) is 16.7 Å². The molecule has 2 aromatic heterocycles. The van der Waals surface area contributed by atoms with Gasteiger partial charge in [0.05, 0.1) is 10.9 Å². The number of benzene rings is 1. The van der Waals surface area contributed by atoms with Gasteiger partial charge in [-0.15, -0.1) is 10.2 Å². The molecule has 0 saturated carbocycles. The van der Waals surface area contributed by atoms with Crippen LogP contribution in [0.1, 0.15) is 13.3 Å². The van der Waals surface area contributed by atoms with Gasteiger partial charge in [0, 0.05) is 12.3 Å². The Morgan fingerprint density at radius 1 is 1.36 bits per heavy atom. The highest BCUT2D eigenvalue weighted by Gasteiger charge is 2.16. The van der Waals surface area contributed by atoms with E-state index in [1.54, 1.807) is 4.57 Å². The Balaban J connectivity index is 2.33. The molecule has 0 aliphatic rings. The van der Waals surface area contributed by atoms with Crippen molar-refractivity contribution in [2.24, 2.45) is 0 Å². The molecule has 0 atom stereocenters. The molecule has 114 valence electrons. The molecular weight excluding hydrogens is 364 g/mol. The van der Waals surface area contributed by atoms with E-state index in [4.69, 9.17) is 0 Å². The smallest absolute Gasteiger partial charge is 0.262 e. The predicted molar refractivity (Wildman–Crippen MR) is 93.8 cm³/mol. The molecule has 0 bridgehead atoms. The average Bonchev–Trinajstić information content (AvgIpc) is 2.93. The summed E-state index contributed by atoms with van der Waals surface area (Å²) in [5, 5.41) is 9.94. The molecule has 3 aromatic rings. The van der Waals surface area contributed by atoms with E-state index in [-0.39, 0.29) is 5.56 Å². The van der Waals surface area contributed by atoms with E-state index >= 15 is 0 Å². The fourth-order valence-electron chi connectivity index (χ4n) is 2.40. The topological polar surface area (TPSA) is 52.2 Å². The van der Waals surface area contributed by atoms with Gasteiger partial charge < -0.3 is 0 Å². The number of aromatic nitrogens is 4. The maximum absolute atomic E-state index is 12.7. The summed E-state index contributed by atoms with van der Waals surface area (Å²) in [5.41, 5.74) is 0.821. The first-order chi connectivity index (χ1) is 10.6. The zero-order valence-electron chi connectivity index (χ0n) is 12.1. The molecule has 1 aromatic carbocycles. The van der Waals surface area contributed by atoms with Crippen LogP contribution in [0.15, 0.2) is 45.3 Å². The highest BCUT2D eigenvalue weighted by atomic mass is 79.9. The average molecular weight is 379 g/mol. The first-order valence-corrected chi connectivity index (χ1v) is 8.74. The molecule has 0 N–H and O–H groups in total. The summed E-state index contributed by atoms with van der Waals surface area (Å²) < 4.78 is 4.54. The number of hydrogen-bond acceptors (Lipinski definition) is 4. The van der Waals surface area contributed by atoms with Crippen LogP contribution < -0.4 is 5.56 Å². The summed E-state index contributed by atoms with van der Waals surface area (Å²) >= 11 is 4.90. The molecule has 0 fully saturated rings. The van der Waals surface area contributed by atoms with Crippen molar-refractivity contribution in [2.45, 2.75) is 25.0 Å². The number of thioether (sulfide) groups is 1. The van der Waals surface area contributed by atoms with Crippen LogP contribution in [-0.4, -0.2) is 24.9 Å². The van der Waals surface area contributed by atoms with Crippen molar-refractivity contribution < 1.29 is 0 Å². The number of halogens is 1. The minimum Gasteiger partial charge on any atom is -0.276 e. The Morgan fingerprint density at radius 3 is 2.86 bits per heavy atom. The highest BCUT2D eigenvalue weighted by molar-refractivity contribution is 9.11. The molecule has 7 heteroatoms. The van der Waals surface area contributed by atoms with Crippen molar-refractivity contribution in [1.29, 1.82) is 0 Å². The molecule has 0 amide bonds. The van der Waals surface area contributed by atoms with Gasteiger partial charge in [-0.3, -0.25) is 13.8 Å². The van der Waals surface area contributed by atoms with Crippen molar-refractivity contribution in [1.82, 2.24) is 19.2 Å². The lowest BCUT2D eigenvalue weighted by atomic mass is 10.2. The van der Waals surface area contributed by atoms with Crippen molar-refractivity contribution in [2.75, 3.05) is 5.75 Å². The first-order valence-electron chi connectivity index (χ1n) is 6.96. The van der Waals surface area contributed by atoms with Gasteiger partial charge in [-0.05, 0) is 23.0 Å². The van der Waals surface area contributed by atoms with Gasteiger partial charge >= 0.3 is 0 Å². The molecule has 0 unspecified atom stereocenters. The maximum Gasteiger partial charge on any atom is 0.262 e. The quantitative estimate of drug-likeness (QED) is 0.638. The summed E-state index contributed by atoms with van der Waals surface area (Å²) in [7, 11) is 0. The van der Waals surface area contributed by atoms with E-state index in [1.165, 1.54) is 11.8 Å². The molecule has 0 radical (unpaired) electrons. The number of fused-ring (bicyclic) bond motifs is 3. The number of hydrogen-bond donors (Lipinski definition) is 0. The van der Waals surface area contributed by atoms with Crippen molar-refractivity contribution >= 4 is 44.4 Å². The lowest BCUT2D eigenvalue weighted by Crippen LogP contribution is -2.23. The van der Waals surface area contributed by atoms with Crippen LogP contribution in [0.2, 0.25) is 0 Å². The molecule has 0 saturated heterocycles. The largest absolute Gasteiger partial charge is 0.276 e. The summed E-state index contributed by atoms with van der Waals surface area (Å²) in [5.74, 6) is 1.29. The zero-order chi connectivity index (χ0) is 15.7. The summed E-state index contributed by atoms with van der Waals surface area (Å²) in [6, 6.07) is 7.57. The van der Waals surface area contributed by atoms with Crippen molar-refractivity contribution in [3.8, 4) is 0 Å². The third kappa shape index (κ3) is 2.59. The van der Waals surface area contributed by atoms with E-state index in [1.807, 2.05) is 35.6 Å². The molecule has 2 heterocycles. The van der Waals surface area contributed by atoms with E-state index < -0.39 is 0 Å². The Morgan fingerprint density at radius 2 is 2.14 bits per heavy atom. The second-order valence-electron chi connectivity index (χ2n) is 4.90. The van der Waals surface area contributed by atoms with Crippen molar-refractivity contribution in [3.63, 3.8) is 0 Å². The van der Waals surface area contributed by atoms with Crippen LogP contribution >= 0.6 is 27.7 Å². The van der Waals surface area contributed by atoms with Gasteiger partial charge in [0.15, 0.2) is 5.16 Å². The van der Waals surface area contributed by atoms with Crippen LogP contribution in [0, 0.1) is 0 Å². The number of para-hydroxylation sites is 1. The Labute approximate surface area is 140 Å². The lowest BCUT2D eigenvalue weighted by molar-refractivity contribution is 0.662. The Kier molecular flexibility index (Phi) is 4.35. The minimum absolute atomic E-state index is 0.0150. The van der Waals surface area contributed by atoms with Crippen LogP contribution in [0.5, 0.6) is 0 Å². The standard InChI is InChI=1S/C15H15BrN4OS/c1-3-8-19-13(21)11-6-4-5-7-12(11)20-14(19)17-18-15(20)22-9-10(2)16/h4-7H,2-3,8-9H2,1H3. The minimum atomic E-state index is -0.0150. The number of aryl methyl sites for hydroxylation is 1. The third-order valence-electron chi connectivity index (χ3n) is 3.28. The zero-order valence-corrected chi connectivity index (χ0v) is 14.5. The molecule has 0 aliphatic carbocycles. The Hall–Kier alpha value is -1.60. The fourth-order valence-corrected chi connectivity index (χ4v) is 3.43. The van der Waals surface area contributed by atoms with Crippen LogP contribution in [0.4, 0.5) is 0 Å². The monoisotopic (exact) mass is 378 g/mol. The van der Waals surface area contributed by atoms with Gasteiger partial charge in [-0.2, -0.15) is 0 Å². The molecule has 0 spiro atoms. The molecule has 0 aliphatic heterocycles. The van der Waals surface area contributed by atoms with Gasteiger partial charge in [0.1, 0.15) is 0 Å². The molecular formula is C15H15BrN4OS. The molecule has 3 rings (SSSR count). The van der Waals surface area contributed by atoms with Crippen LogP contribution in [-0.2, 0) is 6.54 Å². The number of rotatable bonds is 5. The van der Waals surface area contributed by atoms with E-state index in [0.29, 0.717) is 23.5 Å². The fraction of sp³-hybridized carbons (Fsp3) is 0.267. The SMILES string of the molecule is C=C(Br)CSc1nnc2n(CCC)c(=O)c3ccccc3n12. The maximum atomic E-state index is 12.7. The molecule has 22 heavy (non-hydrogen) atoms. The Bertz CT molecular complexity index is 915. The summed E-state index contributed by atoms with van der Waals surface area (Å²) in [6.45, 7) is 6.51. The highest BCUT2D eigenvalue weighted by Crippen LogP contribution is 2.24. The van der Waals surface area contributed by atoms with Crippen LogP contribution in [0.3, 0.4) is 0 Å².